The molecule has 0 spiro atoms. The fourth-order valence-corrected chi connectivity index (χ4v) is 1.81. The molecule has 3 N–H and O–H groups in total. The van der Waals surface area contributed by atoms with Gasteiger partial charge in [0.15, 0.2) is 5.92 Å². The first-order valence-corrected chi connectivity index (χ1v) is 5.54. The number of carboxylic acids is 1. The molecule has 1 rings (SSSR count). The van der Waals surface area contributed by atoms with Gasteiger partial charge in [0, 0.05) is 25.3 Å². The molecular formula is C10H16F3NO4. The Morgan fingerprint density at radius 3 is 2.33 bits per heavy atom. The highest BCUT2D eigenvalue weighted by Crippen LogP contribution is 2.27. The number of alkyl halides is 3. The van der Waals surface area contributed by atoms with Crippen molar-refractivity contribution < 1.29 is 32.9 Å². The van der Waals surface area contributed by atoms with Gasteiger partial charge in [-0.25, -0.2) is 0 Å². The minimum absolute atomic E-state index is 0.331. The van der Waals surface area contributed by atoms with Crippen LogP contribution in [-0.4, -0.2) is 54.3 Å². The van der Waals surface area contributed by atoms with Gasteiger partial charge in [-0.1, -0.05) is 0 Å². The highest BCUT2D eigenvalue weighted by atomic mass is 19.4. The maximum Gasteiger partial charge on any atom is 0.403 e. The maximum atomic E-state index is 12.4. The molecule has 0 aromatic heterocycles. The van der Waals surface area contributed by atoms with Crippen molar-refractivity contribution >= 4 is 5.97 Å². The van der Waals surface area contributed by atoms with Gasteiger partial charge < -0.3 is 20.3 Å². The van der Waals surface area contributed by atoms with Gasteiger partial charge in [-0.3, -0.25) is 4.79 Å². The van der Waals surface area contributed by atoms with Gasteiger partial charge in [0.25, 0.3) is 0 Å². The number of hydrogen-bond donors (Lipinski definition) is 3. The predicted octanol–water partition coefficient (Wildman–Crippen LogP) is 0.381. The zero-order valence-electron chi connectivity index (χ0n) is 9.66. The van der Waals surface area contributed by atoms with E-state index in [2.05, 4.69) is 5.32 Å². The molecule has 1 saturated heterocycles. The highest BCUT2D eigenvalue weighted by Gasteiger charge is 2.46. The van der Waals surface area contributed by atoms with Gasteiger partial charge >= 0.3 is 12.1 Å². The Morgan fingerprint density at radius 1 is 1.39 bits per heavy atom. The average molecular weight is 271 g/mol. The van der Waals surface area contributed by atoms with Gasteiger partial charge in [-0.2, -0.15) is 13.2 Å². The molecule has 1 heterocycles. The van der Waals surface area contributed by atoms with Crippen LogP contribution >= 0.6 is 0 Å². The largest absolute Gasteiger partial charge is 0.481 e. The Bertz CT molecular complexity index is 289. The van der Waals surface area contributed by atoms with Crippen molar-refractivity contribution in [1.82, 2.24) is 5.32 Å². The van der Waals surface area contributed by atoms with E-state index in [1.54, 1.807) is 0 Å². The SMILES string of the molecule is O=C(O)C(CNC1(CO)CCOCC1)C(F)(F)F. The second-order valence-electron chi connectivity index (χ2n) is 4.36. The lowest BCUT2D eigenvalue weighted by molar-refractivity contribution is -0.193. The third-order valence-corrected chi connectivity index (χ3v) is 3.13. The standard InChI is InChI=1S/C10H16F3NO4/c11-10(12,13)7(8(16)17)5-14-9(6-15)1-3-18-4-2-9/h7,14-15H,1-6H2,(H,16,17). The number of ether oxygens (including phenoxy) is 1. The van der Waals surface area contributed by atoms with Crippen LogP contribution in [0.25, 0.3) is 0 Å². The molecule has 106 valence electrons. The summed E-state index contributed by atoms with van der Waals surface area (Å²) >= 11 is 0. The molecule has 8 heteroatoms. The zero-order chi connectivity index (χ0) is 13.8. The van der Waals surface area contributed by atoms with E-state index in [0.29, 0.717) is 26.1 Å². The van der Waals surface area contributed by atoms with E-state index in [9.17, 15) is 23.1 Å². The van der Waals surface area contributed by atoms with Crippen molar-refractivity contribution in [2.45, 2.75) is 24.6 Å². The summed E-state index contributed by atoms with van der Waals surface area (Å²) in [7, 11) is 0. The van der Waals surface area contributed by atoms with Crippen molar-refractivity contribution in [3.8, 4) is 0 Å². The van der Waals surface area contributed by atoms with E-state index in [1.807, 2.05) is 0 Å². The van der Waals surface area contributed by atoms with Crippen molar-refractivity contribution in [3.05, 3.63) is 0 Å². The topological polar surface area (TPSA) is 78.8 Å². The summed E-state index contributed by atoms with van der Waals surface area (Å²) in [5.74, 6) is -4.39. The first-order valence-electron chi connectivity index (χ1n) is 5.54. The minimum atomic E-state index is -4.80. The van der Waals surface area contributed by atoms with Crippen LogP contribution in [0.1, 0.15) is 12.8 Å². The predicted molar refractivity (Wildman–Crippen MR) is 55.1 cm³/mol. The van der Waals surface area contributed by atoms with E-state index in [4.69, 9.17) is 9.84 Å². The van der Waals surface area contributed by atoms with Crippen molar-refractivity contribution in [1.29, 1.82) is 0 Å². The summed E-state index contributed by atoms with van der Waals surface area (Å²) in [5, 5.41) is 20.3. The molecule has 1 atom stereocenters. The quantitative estimate of drug-likeness (QED) is 0.674. The van der Waals surface area contributed by atoms with Crippen LogP contribution in [0.3, 0.4) is 0 Å². The molecule has 0 saturated carbocycles. The van der Waals surface area contributed by atoms with Crippen molar-refractivity contribution in [3.63, 3.8) is 0 Å². The Labute approximate surface area is 102 Å². The summed E-state index contributed by atoms with van der Waals surface area (Å²) in [6.07, 6.45) is -4.10. The van der Waals surface area contributed by atoms with Gasteiger partial charge in [-0.05, 0) is 12.8 Å². The van der Waals surface area contributed by atoms with Crippen molar-refractivity contribution in [2.75, 3.05) is 26.4 Å². The van der Waals surface area contributed by atoms with Crippen LogP contribution in [0.4, 0.5) is 13.2 Å². The molecule has 18 heavy (non-hydrogen) atoms. The van der Waals surface area contributed by atoms with E-state index >= 15 is 0 Å². The third kappa shape index (κ3) is 3.82. The van der Waals surface area contributed by atoms with Crippen LogP contribution in [0.5, 0.6) is 0 Å². The lowest BCUT2D eigenvalue weighted by Crippen LogP contribution is -2.55. The summed E-state index contributed by atoms with van der Waals surface area (Å²) in [5.41, 5.74) is -0.878. The third-order valence-electron chi connectivity index (χ3n) is 3.13. The lowest BCUT2D eigenvalue weighted by atomic mass is 9.90. The summed E-state index contributed by atoms with van der Waals surface area (Å²) in [4.78, 5) is 10.6. The molecule has 1 aliphatic heterocycles. The molecule has 0 aliphatic carbocycles. The smallest absolute Gasteiger partial charge is 0.403 e. The van der Waals surface area contributed by atoms with Crippen LogP contribution in [0.15, 0.2) is 0 Å². The number of rotatable bonds is 5. The molecule has 0 bridgehead atoms. The first-order chi connectivity index (χ1) is 8.31. The average Bonchev–Trinajstić information content (AvgIpc) is 2.28. The molecule has 1 fully saturated rings. The lowest BCUT2D eigenvalue weighted by Gasteiger charge is -2.37. The number of hydrogen-bond acceptors (Lipinski definition) is 4. The Morgan fingerprint density at radius 2 is 1.94 bits per heavy atom. The zero-order valence-corrected chi connectivity index (χ0v) is 9.66. The number of carboxylic acid groups (broad SMARTS) is 1. The van der Waals surface area contributed by atoms with Gasteiger partial charge in [0.2, 0.25) is 0 Å². The monoisotopic (exact) mass is 271 g/mol. The number of halogens is 3. The highest BCUT2D eigenvalue weighted by molar-refractivity contribution is 5.71. The van der Waals surface area contributed by atoms with Gasteiger partial charge in [0.1, 0.15) is 0 Å². The molecular weight excluding hydrogens is 255 g/mol. The maximum absolute atomic E-state index is 12.4. The molecule has 1 unspecified atom stereocenters. The van der Waals surface area contributed by atoms with E-state index < -0.39 is 30.1 Å². The molecule has 0 aromatic carbocycles. The Hall–Kier alpha value is -0.860. The van der Waals surface area contributed by atoms with Crippen LogP contribution in [0, 0.1) is 5.92 Å². The number of aliphatic carboxylic acids is 1. The summed E-state index contributed by atoms with van der Waals surface area (Å²) in [6.45, 7) is -0.436. The molecule has 0 amide bonds. The van der Waals surface area contributed by atoms with Crippen LogP contribution < -0.4 is 5.32 Å². The number of aliphatic hydroxyl groups is 1. The van der Waals surface area contributed by atoms with E-state index in [1.165, 1.54) is 0 Å². The fraction of sp³-hybridized carbons (Fsp3) is 0.900. The van der Waals surface area contributed by atoms with Gasteiger partial charge in [-0.15, -0.1) is 0 Å². The molecule has 1 aliphatic rings. The second-order valence-corrected chi connectivity index (χ2v) is 4.36. The number of nitrogens with one attached hydrogen (secondary N) is 1. The van der Waals surface area contributed by atoms with Crippen LogP contribution in [-0.2, 0) is 9.53 Å². The summed E-state index contributed by atoms with van der Waals surface area (Å²) in [6, 6.07) is 0. The minimum Gasteiger partial charge on any atom is -0.481 e. The van der Waals surface area contributed by atoms with Crippen molar-refractivity contribution in [2.24, 2.45) is 5.92 Å². The molecule has 0 radical (unpaired) electrons. The molecule has 0 aromatic rings. The van der Waals surface area contributed by atoms with Gasteiger partial charge in [0.05, 0.1) is 6.61 Å². The van der Waals surface area contributed by atoms with E-state index in [-0.39, 0.29) is 6.61 Å². The first kappa shape index (κ1) is 15.2. The Balaban J connectivity index is 2.62. The second kappa shape index (κ2) is 5.85. The number of carbonyl (C=O) groups is 1. The fourth-order valence-electron chi connectivity index (χ4n) is 1.81. The normalized spacial score (nSPS) is 21.6. The Kier molecular flexibility index (Phi) is 4.94. The number of aliphatic hydroxyl groups excluding tert-OH is 1. The molecule has 5 nitrogen and oxygen atoms in total. The van der Waals surface area contributed by atoms with Crippen LogP contribution in [0.2, 0.25) is 0 Å². The summed E-state index contributed by atoms with van der Waals surface area (Å²) < 4.78 is 42.4. The van der Waals surface area contributed by atoms with E-state index in [0.717, 1.165) is 0 Å².